The van der Waals surface area contributed by atoms with E-state index in [1.165, 1.54) is 23.7 Å². The molecule has 0 bridgehead atoms. The van der Waals surface area contributed by atoms with Crippen LogP contribution in [0.5, 0.6) is 0 Å². The minimum Gasteiger partial charge on any atom is -0.459 e. The zero-order chi connectivity index (χ0) is 15.5. The Bertz CT molecular complexity index is 806. The van der Waals surface area contributed by atoms with Gasteiger partial charge in [0.25, 0.3) is 11.8 Å². The van der Waals surface area contributed by atoms with Crippen LogP contribution in [-0.2, 0) is 0 Å². The smallest absolute Gasteiger partial charge is 0.302 e. The lowest BCUT2D eigenvalue weighted by Crippen LogP contribution is -2.14. The van der Waals surface area contributed by atoms with Crippen LogP contribution < -0.4 is 10.6 Å². The maximum absolute atomic E-state index is 12.0. The van der Waals surface area contributed by atoms with Gasteiger partial charge in [0.15, 0.2) is 16.6 Å². The SMILES string of the molecule is Cc1csc(NC(=O)c2coc(NC(=O)c3ccco3)n2)n1. The fourth-order valence-electron chi connectivity index (χ4n) is 1.57. The summed E-state index contributed by atoms with van der Waals surface area (Å²) < 4.78 is 9.97. The Kier molecular flexibility index (Phi) is 3.71. The quantitative estimate of drug-likeness (QED) is 0.765. The van der Waals surface area contributed by atoms with E-state index < -0.39 is 11.8 Å². The monoisotopic (exact) mass is 318 g/mol. The van der Waals surface area contributed by atoms with E-state index in [1.807, 2.05) is 12.3 Å². The third-order valence-electron chi connectivity index (χ3n) is 2.54. The van der Waals surface area contributed by atoms with Gasteiger partial charge in [0.2, 0.25) is 0 Å². The van der Waals surface area contributed by atoms with Crippen LogP contribution in [0.3, 0.4) is 0 Å². The Morgan fingerprint density at radius 3 is 2.73 bits per heavy atom. The molecule has 0 radical (unpaired) electrons. The Labute approximate surface area is 128 Å². The first-order chi connectivity index (χ1) is 10.6. The molecule has 0 spiro atoms. The molecule has 3 rings (SSSR count). The normalized spacial score (nSPS) is 10.4. The number of oxazole rings is 1. The van der Waals surface area contributed by atoms with Crippen molar-refractivity contribution in [3.8, 4) is 0 Å². The van der Waals surface area contributed by atoms with E-state index in [1.54, 1.807) is 6.07 Å². The molecular weight excluding hydrogens is 308 g/mol. The molecule has 0 aliphatic rings. The number of aryl methyl sites for hydroxylation is 1. The molecule has 2 amide bonds. The van der Waals surface area contributed by atoms with E-state index in [2.05, 4.69) is 20.6 Å². The number of carbonyl (C=O) groups excluding carboxylic acids is 2. The van der Waals surface area contributed by atoms with E-state index >= 15 is 0 Å². The van der Waals surface area contributed by atoms with Crippen molar-refractivity contribution in [1.82, 2.24) is 9.97 Å². The molecule has 3 aromatic heterocycles. The summed E-state index contributed by atoms with van der Waals surface area (Å²) >= 11 is 1.30. The highest BCUT2D eigenvalue weighted by atomic mass is 32.1. The van der Waals surface area contributed by atoms with Crippen LogP contribution in [0.2, 0.25) is 0 Å². The summed E-state index contributed by atoms with van der Waals surface area (Å²) in [5, 5.41) is 7.25. The number of nitrogens with one attached hydrogen (secondary N) is 2. The molecule has 112 valence electrons. The average molecular weight is 318 g/mol. The molecule has 0 unspecified atom stereocenters. The summed E-state index contributed by atoms with van der Waals surface area (Å²) in [5.74, 6) is -0.881. The van der Waals surface area contributed by atoms with E-state index in [4.69, 9.17) is 8.83 Å². The van der Waals surface area contributed by atoms with Gasteiger partial charge < -0.3 is 8.83 Å². The summed E-state index contributed by atoms with van der Waals surface area (Å²) in [6.45, 7) is 1.82. The van der Waals surface area contributed by atoms with Crippen molar-refractivity contribution in [2.24, 2.45) is 0 Å². The summed E-state index contributed by atoms with van der Waals surface area (Å²) in [7, 11) is 0. The van der Waals surface area contributed by atoms with E-state index in [0.29, 0.717) is 5.13 Å². The van der Waals surface area contributed by atoms with Gasteiger partial charge >= 0.3 is 6.01 Å². The maximum atomic E-state index is 12.0. The van der Waals surface area contributed by atoms with Crippen molar-refractivity contribution in [2.75, 3.05) is 10.6 Å². The third kappa shape index (κ3) is 3.04. The van der Waals surface area contributed by atoms with Crippen molar-refractivity contribution in [2.45, 2.75) is 6.92 Å². The standard InChI is InChI=1S/C13H10N4O4S/c1-7-6-22-13(14-7)17-10(18)8-5-21-12(15-8)16-11(19)9-3-2-4-20-9/h2-6H,1H3,(H,14,17,18)(H,15,16,19). The molecule has 3 aromatic rings. The van der Waals surface area contributed by atoms with Crippen LogP contribution in [0.4, 0.5) is 11.1 Å². The molecule has 0 saturated carbocycles. The Morgan fingerprint density at radius 2 is 2.05 bits per heavy atom. The molecular formula is C13H10N4O4S. The van der Waals surface area contributed by atoms with Crippen LogP contribution in [0.25, 0.3) is 0 Å². The highest BCUT2D eigenvalue weighted by molar-refractivity contribution is 7.13. The Balaban J connectivity index is 1.65. The number of thiazole rings is 1. The molecule has 0 fully saturated rings. The average Bonchev–Trinajstić information content (AvgIpc) is 3.20. The molecule has 0 aliphatic heterocycles. The minimum absolute atomic E-state index is 0.0302. The number of furan rings is 1. The van der Waals surface area contributed by atoms with Crippen LogP contribution in [-0.4, -0.2) is 21.8 Å². The molecule has 0 aliphatic carbocycles. The third-order valence-corrected chi connectivity index (χ3v) is 3.42. The summed E-state index contributed by atoms with van der Waals surface area (Å²) in [6.07, 6.45) is 2.52. The van der Waals surface area contributed by atoms with E-state index in [9.17, 15) is 9.59 Å². The van der Waals surface area contributed by atoms with Crippen LogP contribution in [0.15, 0.2) is 38.9 Å². The number of carbonyl (C=O) groups is 2. The zero-order valence-electron chi connectivity index (χ0n) is 11.3. The number of hydrogen-bond donors (Lipinski definition) is 2. The number of amides is 2. The van der Waals surface area contributed by atoms with Gasteiger partial charge in [-0.3, -0.25) is 20.2 Å². The lowest BCUT2D eigenvalue weighted by Gasteiger charge is -1.97. The summed E-state index contributed by atoms with van der Waals surface area (Å²) in [4.78, 5) is 31.7. The van der Waals surface area contributed by atoms with E-state index in [0.717, 1.165) is 12.0 Å². The zero-order valence-corrected chi connectivity index (χ0v) is 12.1. The number of aromatic nitrogens is 2. The lowest BCUT2D eigenvalue weighted by molar-refractivity contribution is 0.0990. The molecule has 3 heterocycles. The van der Waals surface area contributed by atoms with Crippen LogP contribution in [0, 0.1) is 6.92 Å². The fourth-order valence-corrected chi connectivity index (χ4v) is 2.26. The van der Waals surface area contributed by atoms with Crippen LogP contribution in [0.1, 0.15) is 26.7 Å². The first-order valence-electron chi connectivity index (χ1n) is 6.15. The maximum Gasteiger partial charge on any atom is 0.302 e. The Hall–Kier alpha value is -2.94. The number of nitrogens with zero attached hydrogens (tertiary/aromatic N) is 2. The predicted octanol–water partition coefficient (Wildman–Crippen LogP) is 2.54. The highest BCUT2D eigenvalue weighted by Crippen LogP contribution is 2.16. The first-order valence-corrected chi connectivity index (χ1v) is 7.03. The minimum atomic E-state index is -0.519. The molecule has 8 nitrogen and oxygen atoms in total. The van der Waals surface area contributed by atoms with Gasteiger partial charge in [0.05, 0.1) is 12.0 Å². The molecule has 0 saturated heterocycles. The van der Waals surface area contributed by atoms with Crippen molar-refractivity contribution in [3.63, 3.8) is 0 Å². The largest absolute Gasteiger partial charge is 0.459 e. The van der Waals surface area contributed by atoms with Crippen molar-refractivity contribution >= 4 is 34.3 Å². The Morgan fingerprint density at radius 1 is 1.18 bits per heavy atom. The van der Waals surface area contributed by atoms with Gasteiger partial charge in [-0.05, 0) is 19.1 Å². The van der Waals surface area contributed by atoms with Crippen molar-refractivity contribution < 1.29 is 18.4 Å². The molecule has 0 atom stereocenters. The molecule has 0 aromatic carbocycles. The van der Waals surface area contributed by atoms with Crippen LogP contribution >= 0.6 is 11.3 Å². The number of rotatable bonds is 4. The molecule has 2 N–H and O–H groups in total. The lowest BCUT2D eigenvalue weighted by atomic mass is 10.4. The predicted molar refractivity (Wildman–Crippen MR) is 78.0 cm³/mol. The molecule has 22 heavy (non-hydrogen) atoms. The summed E-state index contributed by atoms with van der Waals surface area (Å²) in [5.41, 5.74) is 0.842. The first kappa shape index (κ1) is 14.0. The summed E-state index contributed by atoms with van der Waals surface area (Å²) in [6, 6.07) is 2.98. The fraction of sp³-hybridized carbons (Fsp3) is 0.0769. The van der Waals surface area contributed by atoms with Gasteiger partial charge in [-0.15, -0.1) is 11.3 Å². The van der Waals surface area contributed by atoms with Gasteiger partial charge in [0.1, 0.15) is 6.26 Å². The van der Waals surface area contributed by atoms with Gasteiger partial charge in [-0.25, -0.2) is 4.98 Å². The highest BCUT2D eigenvalue weighted by Gasteiger charge is 2.16. The topological polar surface area (TPSA) is 110 Å². The number of anilines is 2. The van der Waals surface area contributed by atoms with E-state index in [-0.39, 0.29) is 17.5 Å². The van der Waals surface area contributed by atoms with Crippen molar-refractivity contribution in [3.05, 3.63) is 47.2 Å². The molecule has 9 heteroatoms. The second kappa shape index (κ2) is 5.82. The van der Waals surface area contributed by atoms with Crippen molar-refractivity contribution in [1.29, 1.82) is 0 Å². The number of hydrogen-bond acceptors (Lipinski definition) is 7. The second-order valence-electron chi connectivity index (χ2n) is 4.22. The van der Waals surface area contributed by atoms with Gasteiger partial charge in [0, 0.05) is 5.38 Å². The van der Waals surface area contributed by atoms with Gasteiger partial charge in [-0.2, -0.15) is 4.98 Å². The van der Waals surface area contributed by atoms with Gasteiger partial charge in [-0.1, -0.05) is 0 Å². The second-order valence-corrected chi connectivity index (χ2v) is 5.08.